The summed E-state index contributed by atoms with van der Waals surface area (Å²) in [6.07, 6.45) is 10.8. The highest BCUT2D eigenvalue weighted by atomic mass is 15.3. The van der Waals surface area contributed by atoms with Crippen LogP contribution < -0.4 is 5.32 Å². The van der Waals surface area contributed by atoms with Gasteiger partial charge in [0.2, 0.25) is 0 Å². The second-order valence-electron chi connectivity index (χ2n) is 6.65. The van der Waals surface area contributed by atoms with Crippen molar-refractivity contribution in [1.29, 1.82) is 0 Å². The number of hydrogen-bond donors (Lipinski definition) is 1. The lowest BCUT2D eigenvalue weighted by atomic mass is 9.71. The molecule has 3 unspecified atom stereocenters. The van der Waals surface area contributed by atoms with Crippen LogP contribution in [0, 0.1) is 17.8 Å². The minimum atomic E-state index is 0.766. The van der Waals surface area contributed by atoms with Gasteiger partial charge in [0, 0.05) is 13.0 Å². The van der Waals surface area contributed by atoms with E-state index in [4.69, 9.17) is 0 Å². The number of aryl methyl sites for hydroxylation is 1. The predicted octanol–water partition coefficient (Wildman–Crippen LogP) is 3.28. The predicted molar refractivity (Wildman–Crippen MR) is 87.2 cm³/mol. The van der Waals surface area contributed by atoms with Crippen LogP contribution in [0.5, 0.6) is 0 Å². The van der Waals surface area contributed by atoms with Crippen LogP contribution in [0.2, 0.25) is 0 Å². The zero-order valence-electron chi connectivity index (χ0n) is 14.0. The normalized spacial score (nSPS) is 26.1. The molecule has 21 heavy (non-hydrogen) atoms. The largest absolute Gasteiger partial charge is 0.319 e. The van der Waals surface area contributed by atoms with E-state index < -0.39 is 0 Å². The molecule has 1 heterocycles. The highest BCUT2D eigenvalue weighted by molar-refractivity contribution is 4.92. The van der Waals surface area contributed by atoms with Gasteiger partial charge in [-0.3, -0.25) is 4.68 Å². The average molecular weight is 292 g/mol. The van der Waals surface area contributed by atoms with Crippen LogP contribution in [0.15, 0.2) is 6.33 Å². The van der Waals surface area contributed by atoms with Crippen LogP contribution in [0.4, 0.5) is 0 Å². The van der Waals surface area contributed by atoms with E-state index in [2.05, 4.69) is 41.0 Å². The fourth-order valence-electron chi connectivity index (χ4n) is 3.95. The minimum absolute atomic E-state index is 0.766. The van der Waals surface area contributed by atoms with Gasteiger partial charge in [-0.25, -0.2) is 4.98 Å². The zero-order chi connectivity index (χ0) is 15.1. The van der Waals surface area contributed by atoms with E-state index in [0.29, 0.717) is 0 Å². The first kappa shape index (κ1) is 16.5. The van der Waals surface area contributed by atoms with Crippen molar-refractivity contribution in [2.75, 3.05) is 13.6 Å². The van der Waals surface area contributed by atoms with Crippen LogP contribution in [0.3, 0.4) is 0 Å². The molecular formula is C17H32N4. The zero-order valence-corrected chi connectivity index (χ0v) is 14.0. The van der Waals surface area contributed by atoms with E-state index in [0.717, 1.165) is 43.7 Å². The summed E-state index contributed by atoms with van der Waals surface area (Å²) in [6.45, 7) is 6.66. The molecule has 0 spiro atoms. The molecule has 1 aromatic rings. The number of aromatic nitrogens is 3. The molecule has 0 aromatic carbocycles. The topological polar surface area (TPSA) is 42.7 Å². The van der Waals surface area contributed by atoms with Gasteiger partial charge in [-0.15, -0.1) is 0 Å². The van der Waals surface area contributed by atoms with Gasteiger partial charge in [-0.05, 0) is 50.6 Å². The van der Waals surface area contributed by atoms with Crippen LogP contribution >= 0.6 is 0 Å². The Morgan fingerprint density at radius 2 is 2.10 bits per heavy atom. The van der Waals surface area contributed by atoms with Gasteiger partial charge in [0.25, 0.3) is 0 Å². The quantitative estimate of drug-likeness (QED) is 0.799. The van der Waals surface area contributed by atoms with Crippen molar-refractivity contribution in [2.45, 2.75) is 65.3 Å². The van der Waals surface area contributed by atoms with Crippen LogP contribution in [-0.4, -0.2) is 28.4 Å². The summed E-state index contributed by atoms with van der Waals surface area (Å²) in [5.41, 5.74) is 0. The van der Waals surface area contributed by atoms with Crippen molar-refractivity contribution < 1.29 is 0 Å². The van der Waals surface area contributed by atoms with E-state index in [-0.39, 0.29) is 0 Å². The molecule has 0 aliphatic heterocycles. The fraction of sp³-hybridized carbons (Fsp3) is 0.882. The SMILES string of the molecule is CCCC1CCC(CNC)C(Cc2ncnn2CCC)C1. The Kier molecular flexibility index (Phi) is 6.68. The third-order valence-corrected chi connectivity index (χ3v) is 4.99. The van der Waals surface area contributed by atoms with Gasteiger partial charge in [0.1, 0.15) is 12.2 Å². The molecule has 1 aliphatic rings. The Bertz CT molecular complexity index is 401. The first-order valence-electron chi connectivity index (χ1n) is 8.79. The summed E-state index contributed by atoms with van der Waals surface area (Å²) in [5.74, 6) is 3.69. The van der Waals surface area contributed by atoms with Gasteiger partial charge in [-0.2, -0.15) is 5.10 Å². The summed E-state index contributed by atoms with van der Waals surface area (Å²) in [4.78, 5) is 4.53. The molecule has 1 saturated carbocycles. The third kappa shape index (κ3) is 4.53. The molecule has 1 aromatic heterocycles. The number of rotatable bonds is 8. The summed E-state index contributed by atoms with van der Waals surface area (Å²) >= 11 is 0. The Hall–Kier alpha value is -0.900. The first-order chi connectivity index (χ1) is 10.3. The molecule has 1 fully saturated rings. The van der Waals surface area contributed by atoms with Crippen molar-refractivity contribution >= 4 is 0 Å². The van der Waals surface area contributed by atoms with Gasteiger partial charge >= 0.3 is 0 Å². The lowest BCUT2D eigenvalue weighted by Crippen LogP contribution is -2.33. The number of nitrogens with one attached hydrogen (secondary N) is 1. The molecule has 0 radical (unpaired) electrons. The fourth-order valence-corrected chi connectivity index (χ4v) is 3.95. The van der Waals surface area contributed by atoms with Crippen LogP contribution in [0.25, 0.3) is 0 Å². The molecule has 3 atom stereocenters. The minimum Gasteiger partial charge on any atom is -0.319 e. The lowest BCUT2D eigenvalue weighted by molar-refractivity contribution is 0.166. The summed E-state index contributed by atoms with van der Waals surface area (Å²) in [7, 11) is 2.08. The van der Waals surface area contributed by atoms with Crippen LogP contribution in [-0.2, 0) is 13.0 Å². The number of hydrogen-bond acceptors (Lipinski definition) is 3. The average Bonchev–Trinajstić information content (AvgIpc) is 2.90. The molecule has 4 nitrogen and oxygen atoms in total. The van der Waals surface area contributed by atoms with Crippen LogP contribution in [0.1, 0.15) is 58.2 Å². The smallest absolute Gasteiger partial charge is 0.138 e. The van der Waals surface area contributed by atoms with Crippen molar-refractivity contribution in [1.82, 2.24) is 20.1 Å². The van der Waals surface area contributed by atoms with E-state index in [1.54, 1.807) is 6.33 Å². The van der Waals surface area contributed by atoms with Gasteiger partial charge in [0.05, 0.1) is 0 Å². The molecule has 2 rings (SSSR count). The monoisotopic (exact) mass is 292 g/mol. The van der Waals surface area contributed by atoms with Crippen molar-refractivity contribution in [3.8, 4) is 0 Å². The molecule has 1 N–H and O–H groups in total. The Labute approximate surface area is 129 Å². The van der Waals surface area contributed by atoms with Crippen molar-refractivity contribution in [3.05, 3.63) is 12.2 Å². The van der Waals surface area contributed by atoms with E-state index in [1.165, 1.54) is 37.9 Å². The van der Waals surface area contributed by atoms with E-state index in [1.807, 2.05) is 0 Å². The van der Waals surface area contributed by atoms with Gasteiger partial charge in [0.15, 0.2) is 0 Å². The summed E-state index contributed by atoms with van der Waals surface area (Å²) in [6, 6.07) is 0. The molecule has 0 bridgehead atoms. The van der Waals surface area contributed by atoms with Gasteiger partial charge < -0.3 is 5.32 Å². The van der Waals surface area contributed by atoms with E-state index >= 15 is 0 Å². The maximum absolute atomic E-state index is 4.53. The van der Waals surface area contributed by atoms with Gasteiger partial charge in [-0.1, -0.05) is 33.1 Å². The Balaban J connectivity index is 2.02. The highest BCUT2D eigenvalue weighted by Crippen LogP contribution is 2.37. The maximum atomic E-state index is 4.53. The molecular weight excluding hydrogens is 260 g/mol. The van der Waals surface area contributed by atoms with Crippen molar-refractivity contribution in [2.24, 2.45) is 17.8 Å². The molecule has 120 valence electrons. The van der Waals surface area contributed by atoms with Crippen molar-refractivity contribution in [3.63, 3.8) is 0 Å². The van der Waals surface area contributed by atoms with E-state index in [9.17, 15) is 0 Å². The standard InChI is InChI=1S/C17H32N4/c1-4-6-14-7-8-15(12-18-3)16(10-14)11-17-19-13-20-21(17)9-5-2/h13-16,18H,4-12H2,1-3H3. The number of nitrogens with zero attached hydrogens (tertiary/aromatic N) is 3. The molecule has 1 aliphatic carbocycles. The highest BCUT2D eigenvalue weighted by Gasteiger charge is 2.30. The maximum Gasteiger partial charge on any atom is 0.138 e. The second kappa shape index (κ2) is 8.52. The Morgan fingerprint density at radius 1 is 1.24 bits per heavy atom. The Morgan fingerprint density at radius 3 is 2.81 bits per heavy atom. The third-order valence-electron chi connectivity index (χ3n) is 4.99. The second-order valence-corrected chi connectivity index (χ2v) is 6.65. The molecule has 0 amide bonds. The molecule has 4 heteroatoms. The summed E-state index contributed by atoms with van der Waals surface area (Å²) in [5, 5.41) is 7.78. The first-order valence-corrected chi connectivity index (χ1v) is 8.79. The molecule has 0 saturated heterocycles. The summed E-state index contributed by atoms with van der Waals surface area (Å²) < 4.78 is 2.11. The lowest BCUT2D eigenvalue weighted by Gasteiger charge is -2.36.